The van der Waals surface area contributed by atoms with E-state index in [2.05, 4.69) is 10.6 Å². The zero-order valence-corrected chi connectivity index (χ0v) is 19.3. The Labute approximate surface area is 191 Å². The molecular formula is C22H44N4O6. The van der Waals surface area contributed by atoms with Crippen molar-refractivity contribution in [2.45, 2.75) is 102 Å². The first-order chi connectivity index (χ1) is 15.5. The van der Waals surface area contributed by atoms with E-state index in [-0.39, 0.29) is 12.5 Å². The smallest absolute Gasteiger partial charge is 0.320 e. The van der Waals surface area contributed by atoms with Crippen molar-refractivity contribution in [3.05, 3.63) is 0 Å². The Morgan fingerprint density at radius 1 is 0.750 bits per heavy atom. The lowest BCUT2D eigenvalue weighted by Gasteiger charge is -2.26. The highest BCUT2D eigenvalue weighted by Crippen LogP contribution is 2.13. The molecule has 8 N–H and O–H groups in total. The lowest BCUT2D eigenvalue weighted by Crippen LogP contribution is -2.45. The number of carboxylic acids is 2. The number of carboxylic acid groups (broad SMARTS) is 2. The molecule has 2 saturated heterocycles. The van der Waals surface area contributed by atoms with E-state index in [9.17, 15) is 9.59 Å². The highest BCUT2D eigenvalue weighted by molar-refractivity contribution is 5.73. The van der Waals surface area contributed by atoms with Crippen LogP contribution < -0.4 is 22.1 Å². The summed E-state index contributed by atoms with van der Waals surface area (Å²) >= 11 is 0. The van der Waals surface area contributed by atoms with Crippen LogP contribution in [0.3, 0.4) is 0 Å². The second-order valence-electron chi connectivity index (χ2n) is 8.39. The first kappa shape index (κ1) is 28.7. The molecule has 2 aliphatic heterocycles. The summed E-state index contributed by atoms with van der Waals surface area (Å²) in [6.45, 7) is 2.69. The number of aliphatic carboxylic acids is 2. The van der Waals surface area contributed by atoms with Gasteiger partial charge in [-0.05, 0) is 77.3 Å². The van der Waals surface area contributed by atoms with Crippen LogP contribution in [0.15, 0.2) is 0 Å². The Morgan fingerprint density at radius 3 is 1.44 bits per heavy atom. The SMILES string of the molecule is NCCCCC(NC1CCCCO1)C(=O)O.NCCCCC(NC1CCCCO1)C(=O)O. The minimum atomic E-state index is -0.800. The largest absolute Gasteiger partial charge is 0.480 e. The fourth-order valence-electron chi connectivity index (χ4n) is 3.73. The summed E-state index contributed by atoms with van der Waals surface area (Å²) in [6, 6.07) is -1.01. The fraction of sp³-hybridized carbons (Fsp3) is 0.909. The number of unbranched alkanes of at least 4 members (excludes halogenated alkanes) is 2. The van der Waals surface area contributed by atoms with Gasteiger partial charge in [-0.15, -0.1) is 0 Å². The minimum absolute atomic E-state index is 0.0901. The molecule has 0 aromatic heterocycles. The van der Waals surface area contributed by atoms with Crippen LogP contribution in [0.2, 0.25) is 0 Å². The van der Waals surface area contributed by atoms with E-state index in [1.54, 1.807) is 0 Å². The molecule has 188 valence electrons. The lowest BCUT2D eigenvalue weighted by molar-refractivity contribution is -0.142. The van der Waals surface area contributed by atoms with Crippen molar-refractivity contribution in [3.8, 4) is 0 Å². The van der Waals surface area contributed by atoms with Crippen LogP contribution in [0.5, 0.6) is 0 Å². The maximum Gasteiger partial charge on any atom is 0.320 e. The van der Waals surface area contributed by atoms with E-state index in [1.165, 1.54) is 0 Å². The number of nitrogens with two attached hydrogens (primary N) is 2. The molecule has 2 aliphatic rings. The zero-order valence-electron chi connectivity index (χ0n) is 19.3. The van der Waals surface area contributed by atoms with Crippen molar-refractivity contribution in [3.63, 3.8) is 0 Å². The maximum atomic E-state index is 11.0. The third-order valence-electron chi connectivity index (χ3n) is 5.62. The summed E-state index contributed by atoms with van der Waals surface area (Å²) in [7, 11) is 0. The molecule has 4 unspecified atom stereocenters. The number of carbonyl (C=O) groups is 2. The van der Waals surface area contributed by atoms with Crippen LogP contribution in [0.25, 0.3) is 0 Å². The molecule has 0 aromatic rings. The summed E-state index contributed by atoms with van der Waals surface area (Å²) in [5, 5.41) is 24.2. The van der Waals surface area contributed by atoms with Gasteiger partial charge in [0.15, 0.2) is 0 Å². The van der Waals surface area contributed by atoms with E-state index < -0.39 is 24.0 Å². The van der Waals surface area contributed by atoms with Gasteiger partial charge in [0, 0.05) is 13.2 Å². The van der Waals surface area contributed by atoms with Crippen molar-refractivity contribution in [2.24, 2.45) is 11.5 Å². The van der Waals surface area contributed by atoms with Gasteiger partial charge in [0.1, 0.15) is 24.5 Å². The minimum Gasteiger partial charge on any atom is -0.480 e. The molecule has 32 heavy (non-hydrogen) atoms. The second-order valence-corrected chi connectivity index (χ2v) is 8.39. The molecule has 0 spiro atoms. The standard InChI is InChI=1S/2C11H22N2O3/c2*12-7-3-1-5-9(11(14)15)13-10-6-2-4-8-16-10/h2*9-10,13H,1-8,12H2,(H,14,15). The van der Waals surface area contributed by atoms with Crippen LogP contribution in [0, 0.1) is 0 Å². The second kappa shape index (κ2) is 18.2. The molecular weight excluding hydrogens is 416 g/mol. The van der Waals surface area contributed by atoms with Crippen molar-refractivity contribution >= 4 is 11.9 Å². The summed E-state index contributed by atoms with van der Waals surface area (Å²) < 4.78 is 10.9. The van der Waals surface area contributed by atoms with Crippen molar-refractivity contribution < 1.29 is 29.3 Å². The van der Waals surface area contributed by atoms with Gasteiger partial charge in [0.25, 0.3) is 0 Å². The monoisotopic (exact) mass is 460 g/mol. The van der Waals surface area contributed by atoms with Crippen LogP contribution in [0.4, 0.5) is 0 Å². The van der Waals surface area contributed by atoms with Gasteiger partial charge < -0.3 is 31.2 Å². The molecule has 0 amide bonds. The Morgan fingerprint density at radius 2 is 1.16 bits per heavy atom. The van der Waals surface area contributed by atoms with E-state index >= 15 is 0 Å². The number of rotatable bonds is 14. The number of hydrogen-bond acceptors (Lipinski definition) is 8. The summed E-state index contributed by atoms with van der Waals surface area (Å²) in [5.41, 5.74) is 10.8. The molecule has 0 bridgehead atoms. The van der Waals surface area contributed by atoms with Crippen molar-refractivity contribution in [1.82, 2.24) is 10.6 Å². The highest BCUT2D eigenvalue weighted by atomic mass is 16.5. The first-order valence-electron chi connectivity index (χ1n) is 12.1. The lowest BCUT2D eigenvalue weighted by atomic mass is 10.1. The van der Waals surface area contributed by atoms with E-state index in [0.29, 0.717) is 25.9 Å². The van der Waals surface area contributed by atoms with Gasteiger partial charge in [-0.3, -0.25) is 20.2 Å². The molecule has 10 heteroatoms. The molecule has 2 heterocycles. The number of hydrogen-bond donors (Lipinski definition) is 6. The van der Waals surface area contributed by atoms with E-state index in [0.717, 1.165) is 77.4 Å². The van der Waals surface area contributed by atoms with Gasteiger partial charge in [0.05, 0.1) is 0 Å². The van der Waals surface area contributed by atoms with E-state index in [1.807, 2.05) is 0 Å². The highest BCUT2D eigenvalue weighted by Gasteiger charge is 2.23. The van der Waals surface area contributed by atoms with E-state index in [4.69, 9.17) is 31.2 Å². The average Bonchev–Trinajstić information content (AvgIpc) is 2.79. The molecule has 10 nitrogen and oxygen atoms in total. The molecule has 4 atom stereocenters. The van der Waals surface area contributed by atoms with Gasteiger partial charge >= 0.3 is 11.9 Å². The molecule has 2 fully saturated rings. The summed E-state index contributed by atoms with van der Waals surface area (Å²) in [6.07, 6.45) is 10.6. The first-order valence-corrected chi connectivity index (χ1v) is 12.1. The van der Waals surface area contributed by atoms with Gasteiger partial charge in [-0.2, -0.15) is 0 Å². The molecule has 0 aliphatic carbocycles. The number of nitrogens with one attached hydrogen (secondary N) is 2. The van der Waals surface area contributed by atoms with Crippen molar-refractivity contribution in [1.29, 1.82) is 0 Å². The fourth-order valence-corrected chi connectivity index (χ4v) is 3.73. The maximum absolute atomic E-state index is 11.0. The Hall–Kier alpha value is -1.30. The van der Waals surface area contributed by atoms with Crippen LogP contribution >= 0.6 is 0 Å². The average molecular weight is 461 g/mol. The van der Waals surface area contributed by atoms with Gasteiger partial charge in [-0.25, -0.2) is 0 Å². The quantitative estimate of drug-likeness (QED) is 0.208. The molecule has 2 rings (SSSR count). The Bertz CT molecular complexity index is 455. The van der Waals surface area contributed by atoms with Gasteiger partial charge in [-0.1, -0.05) is 12.8 Å². The summed E-state index contributed by atoms with van der Waals surface area (Å²) in [5.74, 6) is -1.60. The Balaban J connectivity index is 0.000000320. The zero-order chi connectivity index (χ0) is 23.6. The molecule has 0 aromatic carbocycles. The Kier molecular flexibility index (Phi) is 16.3. The van der Waals surface area contributed by atoms with Crippen LogP contribution in [0.1, 0.15) is 77.0 Å². The third kappa shape index (κ3) is 13.3. The van der Waals surface area contributed by atoms with Crippen LogP contribution in [-0.2, 0) is 19.1 Å². The predicted octanol–water partition coefficient (Wildman–Crippen LogP) is 1.37. The topological polar surface area (TPSA) is 169 Å². The number of ether oxygens (including phenoxy) is 2. The molecule has 0 radical (unpaired) electrons. The third-order valence-corrected chi connectivity index (χ3v) is 5.62. The molecule has 0 saturated carbocycles. The van der Waals surface area contributed by atoms with Gasteiger partial charge in [0.2, 0.25) is 0 Å². The van der Waals surface area contributed by atoms with Crippen LogP contribution in [-0.4, -0.2) is 73.0 Å². The van der Waals surface area contributed by atoms with Crippen molar-refractivity contribution in [2.75, 3.05) is 26.3 Å². The predicted molar refractivity (Wildman–Crippen MR) is 122 cm³/mol. The summed E-state index contributed by atoms with van der Waals surface area (Å²) in [4.78, 5) is 22.0. The normalized spacial score (nSPS) is 22.9.